The van der Waals surface area contributed by atoms with Crippen molar-refractivity contribution in [2.24, 2.45) is 7.05 Å². The van der Waals surface area contributed by atoms with E-state index in [9.17, 15) is 9.90 Å². The third kappa shape index (κ3) is 5.88. The number of rotatable bonds is 12. The lowest BCUT2D eigenvalue weighted by Crippen LogP contribution is -2.34. The van der Waals surface area contributed by atoms with E-state index in [0.717, 1.165) is 42.9 Å². The maximum atomic E-state index is 13.2. The van der Waals surface area contributed by atoms with Crippen molar-refractivity contribution in [3.8, 4) is 0 Å². The molecular weight excluding hydrogens is 312 g/mol. The van der Waals surface area contributed by atoms with Gasteiger partial charge in [0.05, 0.1) is 12.2 Å². The van der Waals surface area contributed by atoms with E-state index in [-0.39, 0.29) is 12.5 Å². The van der Waals surface area contributed by atoms with Gasteiger partial charge in [-0.05, 0) is 26.7 Å². The highest BCUT2D eigenvalue weighted by Gasteiger charge is 2.25. The van der Waals surface area contributed by atoms with Crippen molar-refractivity contribution >= 4 is 5.91 Å². The summed E-state index contributed by atoms with van der Waals surface area (Å²) in [6, 6.07) is 0. The molecule has 4 nitrogen and oxygen atoms in total. The number of aliphatic hydroxyl groups excluding tert-OH is 1. The molecule has 0 bridgehead atoms. The molecule has 1 aromatic heterocycles. The number of carbonyl (C=O) groups is 1. The summed E-state index contributed by atoms with van der Waals surface area (Å²) in [5, 5.41) is 9.78. The molecule has 0 atom stereocenters. The van der Waals surface area contributed by atoms with E-state index in [0.29, 0.717) is 5.56 Å². The summed E-state index contributed by atoms with van der Waals surface area (Å²) in [6.45, 7) is 9.93. The van der Waals surface area contributed by atoms with Crippen molar-refractivity contribution < 1.29 is 9.90 Å². The Morgan fingerprint density at radius 3 is 1.88 bits per heavy atom. The molecule has 0 aliphatic heterocycles. The molecule has 1 N–H and O–H groups in total. The van der Waals surface area contributed by atoms with Crippen LogP contribution in [-0.2, 0) is 13.7 Å². The SMILES string of the molecule is CCCCCCN(CCCCCC)C(=O)c1c(CO)c(C)n(C)c1C. The van der Waals surface area contributed by atoms with Crippen LogP contribution in [0, 0.1) is 13.8 Å². The largest absolute Gasteiger partial charge is 0.392 e. The lowest BCUT2D eigenvalue weighted by molar-refractivity contribution is 0.0745. The van der Waals surface area contributed by atoms with Crippen molar-refractivity contribution in [1.82, 2.24) is 9.47 Å². The van der Waals surface area contributed by atoms with Crippen molar-refractivity contribution in [1.29, 1.82) is 0 Å². The van der Waals surface area contributed by atoms with Crippen molar-refractivity contribution in [2.75, 3.05) is 13.1 Å². The predicted octanol–water partition coefficient (Wildman–Crippen LogP) is 4.74. The van der Waals surface area contributed by atoms with Gasteiger partial charge in [0.1, 0.15) is 0 Å². The summed E-state index contributed by atoms with van der Waals surface area (Å²) < 4.78 is 2.02. The number of aromatic nitrogens is 1. The minimum absolute atomic E-state index is 0.0753. The van der Waals surface area contributed by atoms with Gasteiger partial charge in [0.2, 0.25) is 0 Å². The zero-order chi connectivity index (χ0) is 18.8. The monoisotopic (exact) mass is 350 g/mol. The molecule has 0 unspecified atom stereocenters. The fraction of sp³-hybridized carbons (Fsp3) is 0.762. The van der Waals surface area contributed by atoms with Gasteiger partial charge < -0.3 is 14.6 Å². The quantitative estimate of drug-likeness (QED) is 0.554. The van der Waals surface area contributed by atoms with Gasteiger partial charge >= 0.3 is 0 Å². The maximum Gasteiger partial charge on any atom is 0.256 e. The Hall–Kier alpha value is -1.29. The first-order valence-corrected chi connectivity index (χ1v) is 10.0. The molecule has 0 aliphatic carbocycles. The van der Waals surface area contributed by atoms with Crippen LogP contribution in [0.2, 0.25) is 0 Å². The summed E-state index contributed by atoms with van der Waals surface area (Å²) in [5.74, 6) is 0.0956. The zero-order valence-electron chi connectivity index (χ0n) is 17.0. The van der Waals surface area contributed by atoms with Gasteiger partial charge in [-0.25, -0.2) is 0 Å². The van der Waals surface area contributed by atoms with Gasteiger partial charge in [0.25, 0.3) is 5.91 Å². The van der Waals surface area contributed by atoms with E-state index >= 15 is 0 Å². The summed E-state index contributed by atoms with van der Waals surface area (Å²) in [7, 11) is 1.97. The van der Waals surface area contributed by atoms with E-state index < -0.39 is 0 Å². The Labute approximate surface area is 154 Å². The van der Waals surface area contributed by atoms with Gasteiger partial charge in [0, 0.05) is 37.1 Å². The standard InChI is InChI=1S/C21H38N2O2/c1-6-8-10-12-14-23(15-13-11-9-7-2)21(25)20-18(4)22(5)17(3)19(20)16-24/h24H,6-16H2,1-5H3. The molecular formula is C21H38N2O2. The normalized spacial score (nSPS) is 11.1. The van der Waals surface area contributed by atoms with E-state index in [1.807, 2.05) is 30.4 Å². The smallest absolute Gasteiger partial charge is 0.256 e. The second kappa shape index (κ2) is 11.3. The first kappa shape index (κ1) is 21.8. The maximum absolute atomic E-state index is 13.2. The minimum atomic E-state index is -0.0753. The van der Waals surface area contributed by atoms with Crippen LogP contribution in [0.25, 0.3) is 0 Å². The van der Waals surface area contributed by atoms with Crippen LogP contribution in [-0.4, -0.2) is 33.6 Å². The minimum Gasteiger partial charge on any atom is -0.392 e. The molecule has 0 spiro atoms. The van der Waals surface area contributed by atoms with Gasteiger partial charge in [-0.3, -0.25) is 4.79 Å². The van der Waals surface area contributed by atoms with Crippen molar-refractivity contribution in [3.63, 3.8) is 0 Å². The number of carbonyl (C=O) groups excluding carboxylic acids is 1. The van der Waals surface area contributed by atoms with Crippen LogP contribution in [0.15, 0.2) is 0 Å². The highest BCUT2D eigenvalue weighted by molar-refractivity contribution is 5.97. The molecule has 1 aromatic rings. The molecule has 144 valence electrons. The topological polar surface area (TPSA) is 45.5 Å². The Balaban J connectivity index is 2.91. The van der Waals surface area contributed by atoms with E-state index in [1.165, 1.54) is 38.5 Å². The molecule has 1 amide bonds. The van der Waals surface area contributed by atoms with Gasteiger partial charge in [-0.1, -0.05) is 52.4 Å². The molecule has 0 aromatic carbocycles. The number of hydrogen-bond acceptors (Lipinski definition) is 2. The fourth-order valence-electron chi connectivity index (χ4n) is 3.43. The lowest BCUT2D eigenvalue weighted by Gasteiger charge is -2.23. The van der Waals surface area contributed by atoms with Crippen LogP contribution in [0.5, 0.6) is 0 Å². The highest BCUT2D eigenvalue weighted by Crippen LogP contribution is 2.23. The Morgan fingerprint density at radius 1 is 0.920 bits per heavy atom. The number of amides is 1. The summed E-state index contributed by atoms with van der Waals surface area (Å²) in [4.78, 5) is 15.3. The number of aliphatic hydroxyl groups is 1. The zero-order valence-corrected chi connectivity index (χ0v) is 17.0. The summed E-state index contributed by atoms with van der Waals surface area (Å²) >= 11 is 0. The Bertz CT molecular complexity index is 522. The van der Waals surface area contributed by atoms with Crippen molar-refractivity contribution in [2.45, 2.75) is 85.7 Å². The molecule has 25 heavy (non-hydrogen) atoms. The van der Waals surface area contributed by atoms with Gasteiger partial charge in [-0.2, -0.15) is 0 Å². The number of nitrogens with zero attached hydrogens (tertiary/aromatic N) is 2. The van der Waals surface area contributed by atoms with Crippen LogP contribution in [0.4, 0.5) is 0 Å². The fourth-order valence-corrected chi connectivity index (χ4v) is 3.43. The lowest BCUT2D eigenvalue weighted by atomic mass is 10.1. The molecule has 0 saturated carbocycles. The first-order valence-electron chi connectivity index (χ1n) is 10.0. The third-order valence-corrected chi connectivity index (χ3v) is 5.33. The molecule has 0 saturated heterocycles. The van der Waals surface area contributed by atoms with E-state index in [1.54, 1.807) is 0 Å². The van der Waals surface area contributed by atoms with Crippen molar-refractivity contribution in [3.05, 3.63) is 22.5 Å². The predicted molar refractivity (Wildman–Crippen MR) is 105 cm³/mol. The third-order valence-electron chi connectivity index (χ3n) is 5.33. The Morgan fingerprint density at radius 2 is 1.44 bits per heavy atom. The van der Waals surface area contributed by atoms with Gasteiger partial charge in [0.15, 0.2) is 0 Å². The second-order valence-electron chi connectivity index (χ2n) is 7.16. The second-order valence-corrected chi connectivity index (χ2v) is 7.16. The number of hydrogen-bond donors (Lipinski definition) is 1. The van der Waals surface area contributed by atoms with Crippen LogP contribution in [0.3, 0.4) is 0 Å². The molecule has 0 radical (unpaired) electrons. The van der Waals surface area contributed by atoms with Gasteiger partial charge in [-0.15, -0.1) is 0 Å². The summed E-state index contributed by atoms with van der Waals surface area (Å²) in [6.07, 6.45) is 9.34. The van der Waals surface area contributed by atoms with E-state index in [2.05, 4.69) is 13.8 Å². The molecule has 0 aliphatic rings. The summed E-state index contributed by atoms with van der Waals surface area (Å²) in [5.41, 5.74) is 3.45. The van der Waals surface area contributed by atoms with Crippen LogP contribution < -0.4 is 0 Å². The first-order chi connectivity index (χ1) is 12.0. The van der Waals surface area contributed by atoms with E-state index in [4.69, 9.17) is 0 Å². The molecule has 1 rings (SSSR count). The number of unbranched alkanes of at least 4 members (excludes halogenated alkanes) is 6. The average molecular weight is 351 g/mol. The highest BCUT2D eigenvalue weighted by atomic mass is 16.3. The van der Waals surface area contributed by atoms with Crippen LogP contribution >= 0.6 is 0 Å². The molecule has 1 heterocycles. The average Bonchev–Trinajstić information content (AvgIpc) is 2.83. The molecule has 4 heteroatoms. The van der Waals surface area contributed by atoms with Crippen LogP contribution in [0.1, 0.15) is 92.5 Å². The molecule has 0 fully saturated rings. The Kier molecular flexibility index (Phi) is 9.88.